The fourth-order valence-corrected chi connectivity index (χ4v) is 4.38. The second kappa shape index (κ2) is 7.66. The third kappa shape index (κ3) is 3.82. The van der Waals surface area contributed by atoms with E-state index < -0.39 is 5.38 Å². The van der Waals surface area contributed by atoms with Crippen molar-refractivity contribution in [1.29, 1.82) is 0 Å². The number of alkyl halides is 1. The van der Waals surface area contributed by atoms with Crippen molar-refractivity contribution < 1.29 is 14.6 Å². The number of aliphatic hydroxyl groups is 1. The molecule has 124 valence electrons. The van der Waals surface area contributed by atoms with Crippen LogP contribution in [0.15, 0.2) is 18.2 Å². The van der Waals surface area contributed by atoms with Gasteiger partial charge in [-0.05, 0) is 24.1 Å². The molecule has 3 rings (SSSR count). The predicted octanol–water partition coefficient (Wildman–Crippen LogP) is 4.36. The van der Waals surface area contributed by atoms with Crippen LogP contribution >= 0.6 is 46.1 Å². The van der Waals surface area contributed by atoms with Crippen LogP contribution in [0.4, 0.5) is 0 Å². The summed E-state index contributed by atoms with van der Waals surface area (Å²) in [7, 11) is 0. The fraction of sp³-hybridized carbons (Fsp3) is 0.400. The summed E-state index contributed by atoms with van der Waals surface area (Å²) >= 11 is 20.3. The number of rotatable bonds is 5. The molecule has 0 amide bonds. The van der Waals surface area contributed by atoms with E-state index in [1.807, 2.05) is 12.1 Å². The number of pyridine rings is 1. The van der Waals surface area contributed by atoms with Gasteiger partial charge in [-0.15, -0.1) is 22.9 Å². The molecule has 1 aliphatic rings. The van der Waals surface area contributed by atoms with Gasteiger partial charge in [0.15, 0.2) is 6.29 Å². The zero-order valence-electron chi connectivity index (χ0n) is 12.0. The molecule has 3 heterocycles. The molecule has 0 radical (unpaired) electrons. The van der Waals surface area contributed by atoms with Crippen molar-refractivity contribution in [1.82, 2.24) is 4.98 Å². The molecule has 0 spiro atoms. The summed E-state index contributed by atoms with van der Waals surface area (Å²) in [5.74, 6) is 0. The van der Waals surface area contributed by atoms with Gasteiger partial charge in [0.1, 0.15) is 10.5 Å². The van der Waals surface area contributed by atoms with Crippen LogP contribution in [0.1, 0.15) is 33.4 Å². The molecule has 4 nitrogen and oxygen atoms in total. The maximum atomic E-state index is 9.21. The lowest BCUT2D eigenvalue weighted by atomic mass is 10.0. The summed E-state index contributed by atoms with van der Waals surface area (Å²) in [4.78, 5) is 5.20. The van der Waals surface area contributed by atoms with Crippen LogP contribution in [0.25, 0.3) is 0 Å². The highest BCUT2D eigenvalue weighted by Gasteiger charge is 2.26. The molecule has 0 bridgehead atoms. The minimum Gasteiger partial charge on any atom is -0.396 e. The Morgan fingerprint density at radius 3 is 2.74 bits per heavy atom. The molecule has 23 heavy (non-hydrogen) atoms. The number of hydrogen-bond donors (Lipinski definition) is 1. The SMILES string of the molecule is OCCc1ccc(Cl)nc1C(Cl)c1cc(C2OCCO2)sc1Cl. The topological polar surface area (TPSA) is 51.6 Å². The van der Waals surface area contributed by atoms with E-state index in [9.17, 15) is 5.11 Å². The van der Waals surface area contributed by atoms with Gasteiger partial charge in [-0.3, -0.25) is 0 Å². The van der Waals surface area contributed by atoms with E-state index >= 15 is 0 Å². The number of ether oxygens (including phenoxy) is 2. The van der Waals surface area contributed by atoms with Gasteiger partial charge in [-0.1, -0.05) is 29.3 Å². The first kappa shape index (κ1) is 17.4. The molecule has 0 saturated carbocycles. The number of hydrogen-bond acceptors (Lipinski definition) is 5. The molecule has 0 aliphatic carbocycles. The number of thiophene rings is 1. The van der Waals surface area contributed by atoms with E-state index in [1.165, 1.54) is 11.3 Å². The van der Waals surface area contributed by atoms with Gasteiger partial charge < -0.3 is 14.6 Å². The maximum Gasteiger partial charge on any atom is 0.193 e. The normalized spacial score (nSPS) is 16.9. The highest BCUT2D eigenvalue weighted by molar-refractivity contribution is 7.16. The van der Waals surface area contributed by atoms with Crippen molar-refractivity contribution in [2.24, 2.45) is 0 Å². The number of aliphatic hydroxyl groups excluding tert-OH is 1. The summed E-state index contributed by atoms with van der Waals surface area (Å²) in [6.45, 7) is 1.14. The molecule has 1 aliphatic heterocycles. The average molecular weight is 395 g/mol. The lowest BCUT2D eigenvalue weighted by Crippen LogP contribution is -2.04. The molecule has 2 aromatic rings. The van der Waals surface area contributed by atoms with Gasteiger partial charge in [0.25, 0.3) is 0 Å². The summed E-state index contributed by atoms with van der Waals surface area (Å²) < 4.78 is 11.5. The minimum atomic E-state index is -0.561. The van der Waals surface area contributed by atoms with Crippen LogP contribution in [0, 0.1) is 0 Å². The van der Waals surface area contributed by atoms with E-state index in [1.54, 1.807) is 6.07 Å². The van der Waals surface area contributed by atoms with Gasteiger partial charge in [0.05, 0.1) is 28.1 Å². The van der Waals surface area contributed by atoms with Crippen molar-refractivity contribution in [3.63, 3.8) is 0 Å². The van der Waals surface area contributed by atoms with Crippen LogP contribution in [-0.4, -0.2) is 29.9 Å². The third-order valence-electron chi connectivity index (χ3n) is 3.46. The fourth-order valence-electron chi connectivity index (χ4n) is 2.39. The maximum absolute atomic E-state index is 9.21. The molecule has 1 atom stereocenters. The molecule has 2 aromatic heterocycles. The Kier molecular flexibility index (Phi) is 5.80. The summed E-state index contributed by atoms with van der Waals surface area (Å²) in [5, 5.41) is 8.99. The van der Waals surface area contributed by atoms with Crippen LogP contribution < -0.4 is 0 Å². The zero-order valence-corrected chi connectivity index (χ0v) is 15.1. The van der Waals surface area contributed by atoms with Crippen molar-refractivity contribution in [2.75, 3.05) is 19.8 Å². The molecule has 8 heteroatoms. The smallest absolute Gasteiger partial charge is 0.193 e. The van der Waals surface area contributed by atoms with Gasteiger partial charge in [-0.2, -0.15) is 0 Å². The third-order valence-corrected chi connectivity index (χ3v) is 5.52. The Hall–Kier alpha value is -0.400. The second-order valence-corrected chi connectivity index (χ2v) is 7.48. The average Bonchev–Trinajstić information content (AvgIpc) is 3.18. The number of aromatic nitrogens is 1. The standard InChI is InChI=1S/C15H14Cl3NO3S/c16-11-2-1-8(3-4-20)13(19-11)12(17)9-7-10(23-14(9)18)15-21-5-6-22-15/h1-2,7,12,15,20H,3-6H2. The highest BCUT2D eigenvalue weighted by atomic mass is 35.5. The Labute approximate surface area is 152 Å². The molecule has 1 saturated heterocycles. The van der Waals surface area contributed by atoms with E-state index in [4.69, 9.17) is 44.3 Å². The molecule has 1 N–H and O–H groups in total. The summed E-state index contributed by atoms with van der Waals surface area (Å²) in [6, 6.07) is 5.38. The minimum absolute atomic E-state index is 0.00624. The predicted molar refractivity (Wildman–Crippen MR) is 91.7 cm³/mol. The Morgan fingerprint density at radius 2 is 2.04 bits per heavy atom. The van der Waals surface area contributed by atoms with Crippen LogP contribution in [-0.2, 0) is 15.9 Å². The first-order valence-corrected chi connectivity index (χ1v) is 9.03. The second-order valence-electron chi connectivity index (χ2n) is 4.97. The number of nitrogens with zero attached hydrogens (tertiary/aromatic N) is 1. The van der Waals surface area contributed by atoms with E-state index in [0.29, 0.717) is 34.8 Å². The van der Waals surface area contributed by atoms with Gasteiger partial charge in [0.2, 0.25) is 0 Å². The van der Waals surface area contributed by atoms with Crippen molar-refractivity contribution in [3.05, 3.63) is 49.4 Å². The molecule has 1 unspecified atom stereocenters. The summed E-state index contributed by atoms with van der Waals surface area (Å²) in [5.41, 5.74) is 2.18. The number of halogens is 3. The van der Waals surface area contributed by atoms with Crippen LogP contribution in [0.5, 0.6) is 0 Å². The Morgan fingerprint density at radius 1 is 1.30 bits per heavy atom. The molecule has 1 fully saturated rings. The lowest BCUT2D eigenvalue weighted by Gasteiger charge is -2.13. The summed E-state index contributed by atoms with van der Waals surface area (Å²) in [6.07, 6.45) is 0.0611. The van der Waals surface area contributed by atoms with Gasteiger partial charge >= 0.3 is 0 Å². The quantitative estimate of drug-likeness (QED) is 0.605. The molecular weight excluding hydrogens is 381 g/mol. The molecule has 0 aromatic carbocycles. The highest BCUT2D eigenvalue weighted by Crippen LogP contribution is 2.42. The first-order valence-electron chi connectivity index (χ1n) is 7.02. The lowest BCUT2D eigenvalue weighted by molar-refractivity contribution is -0.0413. The van der Waals surface area contributed by atoms with E-state index in [-0.39, 0.29) is 12.9 Å². The zero-order chi connectivity index (χ0) is 16.4. The van der Waals surface area contributed by atoms with Crippen molar-refractivity contribution >= 4 is 46.1 Å². The van der Waals surface area contributed by atoms with Gasteiger partial charge in [-0.25, -0.2) is 4.98 Å². The Balaban J connectivity index is 1.93. The van der Waals surface area contributed by atoms with Gasteiger partial charge in [0, 0.05) is 12.2 Å². The molecular formula is C15H14Cl3NO3S. The largest absolute Gasteiger partial charge is 0.396 e. The first-order chi connectivity index (χ1) is 11.1. The van der Waals surface area contributed by atoms with Crippen molar-refractivity contribution in [3.8, 4) is 0 Å². The van der Waals surface area contributed by atoms with E-state index in [0.717, 1.165) is 16.0 Å². The van der Waals surface area contributed by atoms with Crippen molar-refractivity contribution in [2.45, 2.75) is 18.1 Å². The van der Waals surface area contributed by atoms with E-state index in [2.05, 4.69) is 4.98 Å². The monoisotopic (exact) mass is 393 g/mol. The van der Waals surface area contributed by atoms with Crippen LogP contribution in [0.2, 0.25) is 9.49 Å². The Bertz CT molecular complexity index is 689. The van der Waals surface area contributed by atoms with Crippen LogP contribution in [0.3, 0.4) is 0 Å².